The van der Waals surface area contributed by atoms with Gasteiger partial charge in [0, 0.05) is 0 Å². The molecule has 7 heavy (non-hydrogen) atoms. The van der Waals surface area contributed by atoms with Gasteiger partial charge >= 0.3 is 0 Å². The molecule has 0 aromatic carbocycles. The number of hydrogen-bond donors (Lipinski definition) is 1. The topological polar surface area (TPSA) is 20.2 Å². The van der Waals surface area contributed by atoms with Gasteiger partial charge in [-0.3, -0.25) is 0 Å². The Labute approximate surface area is 59.0 Å². The molecule has 0 fully saturated rings. The van der Waals surface area contributed by atoms with Crippen molar-refractivity contribution < 1.29 is 5.11 Å². The molecule has 0 amide bonds. The van der Waals surface area contributed by atoms with Crippen molar-refractivity contribution in [2.75, 3.05) is 0 Å². The van der Waals surface area contributed by atoms with E-state index in [1.807, 2.05) is 0 Å². The van der Waals surface area contributed by atoms with Gasteiger partial charge in [-0.15, -0.1) is 0 Å². The highest BCUT2D eigenvalue weighted by atomic mass is 79.9. The number of aliphatic hydroxyl groups excluding tert-OH is 1. The molecule has 0 aliphatic carbocycles. The third kappa shape index (κ3) is 6.24. The van der Waals surface area contributed by atoms with Gasteiger partial charge in [-0.1, -0.05) is 0 Å². The van der Waals surface area contributed by atoms with Crippen molar-refractivity contribution >= 4 is 31.9 Å². The molecule has 0 aliphatic rings. The standard InChI is InChI=1S/C4H4Br2O/c5-4(6)2-1-3-7/h1-3,7H. The second-order valence-corrected chi connectivity index (χ2v) is 3.57. The van der Waals surface area contributed by atoms with E-state index in [0.717, 1.165) is 9.65 Å². The predicted octanol–water partition coefficient (Wildman–Crippen LogP) is 2.69. The molecule has 0 saturated heterocycles. The van der Waals surface area contributed by atoms with E-state index in [9.17, 15) is 0 Å². The van der Waals surface area contributed by atoms with E-state index < -0.39 is 0 Å². The fourth-order valence-corrected chi connectivity index (χ4v) is 0.421. The van der Waals surface area contributed by atoms with Crippen LogP contribution < -0.4 is 0 Å². The fraction of sp³-hybridized carbons (Fsp3) is 0. The summed E-state index contributed by atoms with van der Waals surface area (Å²) in [4.78, 5) is 0. The summed E-state index contributed by atoms with van der Waals surface area (Å²) >= 11 is 6.18. The molecule has 40 valence electrons. The number of hydrogen-bond acceptors (Lipinski definition) is 1. The molecule has 0 atom stereocenters. The Balaban J connectivity index is 3.46. The number of allylic oxidation sites excluding steroid dienone is 2. The minimum atomic E-state index is 0.810. The zero-order chi connectivity index (χ0) is 5.70. The van der Waals surface area contributed by atoms with Crippen LogP contribution >= 0.6 is 31.9 Å². The molecule has 0 aromatic heterocycles. The molecule has 0 unspecified atom stereocenters. The van der Waals surface area contributed by atoms with Crippen molar-refractivity contribution in [3.05, 3.63) is 21.8 Å². The highest BCUT2D eigenvalue weighted by Gasteiger charge is 1.71. The highest BCUT2D eigenvalue weighted by molar-refractivity contribution is 9.28. The summed E-state index contributed by atoms with van der Waals surface area (Å²) in [5.74, 6) is 0. The van der Waals surface area contributed by atoms with E-state index in [2.05, 4.69) is 31.9 Å². The van der Waals surface area contributed by atoms with Gasteiger partial charge in [-0.05, 0) is 44.0 Å². The Kier molecular flexibility index (Phi) is 4.55. The van der Waals surface area contributed by atoms with Crippen molar-refractivity contribution in [3.8, 4) is 0 Å². The maximum absolute atomic E-state index is 8.05. The molecule has 0 saturated carbocycles. The van der Waals surface area contributed by atoms with Crippen LogP contribution in [0.4, 0.5) is 0 Å². The first-order valence-corrected chi connectivity index (χ1v) is 3.18. The Morgan fingerprint density at radius 2 is 2.00 bits per heavy atom. The summed E-state index contributed by atoms with van der Waals surface area (Å²) < 4.78 is 0.810. The third-order valence-corrected chi connectivity index (χ3v) is 0.837. The molecule has 0 spiro atoms. The first kappa shape index (κ1) is 7.24. The van der Waals surface area contributed by atoms with E-state index in [0.29, 0.717) is 0 Å². The van der Waals surface area contributed by atoms with E-state index >= 15 is 0 Å². The summed E-state index contributed by atoms with van der Waals surface area (Å²) in [5, 5.41) is 8.05. The SMILES string of the molecule is OC=CC=C(Br)Br. The van der Waals surface area contributed by atoms with E-state index in [-0.39, 0.29) is 0 Å². The minimum Gasteiger partial charge on any atom is -0.516 e. The average molecular weight is 228 g/mol. The van der Waals surface area contributed by atoms with Crippen LogP contribution in [0.15, 0.2) is 21.8 Å². The Morgan fingerprint density at radius 1 is 1.43 bits per heavy atom. The lowest BCUT2D eigenvalue weighted by Gasteiger charge is -1.72. The first-order valence-electron chi connectivity index (χ1n) is 1.59. The van der Waals surface area contributed by atoms with Gasteiger partial charge in [-0.25, -0.2) is 0 Å². The largest absolute Gasteiger partial charge is 0.516 e. The van der Waals surface area contributed by atoms with Crippen molar-refractivity contribution in [3.63, 3.8) is 0 Å². The van der Waals surface area contributed by atoms with Crippen LogP contribution in [0, 0.1) is 0 Å². The van der Waals surface area contributed by atoms with Gasteiger partial charge in [0.05, 0.1) is 9.65 Å². The molecule has 1 N–H and O–H groups in total. The second kappa shape index (κ2) is 4.40. The summed E-state index contributed by atoms with van der Waals surface area (Å²) in [7, 11) is 0. The highest BCUT2D eigenvalue weighted by Crippen LogP contribution is 2.11. The van der Waals surface area contributed by atoms with Crippen LogP contribution in [-0.4, -0.2) is 5.11 Å². The Hall–Kier alpha value is 0.240. The lowest BCUT2D eigenvalue weighted by molar-refractivity contribution is 0.474. The lowest BCUT2D eigenvalue weighted by atomic mass is 10.6. The zero-order valence-electron chi connectivity index (χ0n) is 3.44. The van der Waals surface area contributed by atoms with Crippen LogP contribution in [0.5, 0.6) is 0 Å². The maximum atomic E-state index is 8.05. The van der Waals surface area contributed by atoms with Crippen molar-refractivity contribution in [1.29, 1.82) is 0 Å². The van der Waals surface area contributed by atoms with Gasteiger partial charge in [0.25, 0.3) is 0 Å². The molecule has 1 nitrogen and oxygen atoms in total. The Bertz CT molecular complexity index is 91.9. The third-order valence-electron chi connectivity index (χ3n) is 0.308. The molecular formula is C4H4Br2O. The van der Waals surface area contributed by atoms with Gasteiger partial charge in [-0.2, -0.15) is 0 Å². The predicted molar refractivity (Wildman–Crippen MR) is 37.7 cm³/mol. The van der Waals surface area contributed by atoms with Gasteiger partial charge in [0.2, 0.25) is 0 Å². The summed E-state index contributed by atoms with van der Waals surface area (Å²) in [6.45, 7) is 0. The van der Waals surface area contributed by atoms with Gasteiger partial charge in [0.1, 0.15) is 0 Å². The van der Waals surface area contributed by atoms with Crippen LogP contribution in [0.2, 0.25) is 0 Å². The molecule has 0 aromatic rings. The number of halogens is 2. The average Bonchev–Trinajstić information content (AvgIpc) is 1.61. The normalized spacial score (nSPS) is 9.43. The van der Waals surface area contributed by atoms with Crippen LogP contribution in [0.1, 0.15) is 0 Å². The molecule has 3 heteroatoms. The molecular weight excluding hydrogens is 224 g/mol. The molecule has 0 rings (SSSR count). The second-order valence-electron chi connectivity index (χ2n) is 0.798. The number of rotatable bonds is 1. The molecule has 0 radical (unpaired) electrons. The van der Waals surface area contributed by atoms with Crippen molar-refractivity contribution in [2.24, 2.45) is 0 Å². The molecule has 0 heterocycles. The quantitative estimate of drug-likeness (QED) is 0.540. The minimum absolute atomic E-state index is 0.810. The Morgan fingerprint density at radius 3 is 2.14 bits per heavy atom. The van der Waals surface area contributed by atoms with Crippen LogP contribution in [0.25, 0.3) is 0 Å². The fourth-order valence-electron chi connectivity index (χ4n) is 0.116. The maximum Gasteiger partial charge on any atom is 0.0792 e. The van der Waals surface area contributed by atoms with E-state index in [1.54, 1.807) is 6.08 Å². The van der Waals surface area contributed by atoms with E-state index in [4.69, 9.17) is 5.11 Å². The summed E-state index contributed by atoms with van der Waals surface area (Å²) in [6, 6.07) is 0. The van der Waals surface area contributed by atoms with Gasteiger partial charge < -0.3 is 5.11 Å². The number of aliphatic hydroxyl groups is 1. The first-order chi connectivity index (χ1) is 3.27. The van der Waals surface area contributed by atoms with Crippen LogP contribution in [0.3, 0.4) is 0 Å². The van der Waals surface area contributed by atoms with Crippen molar-refractivity contribution in [1.82, 2.24) is 0 Å². The van der Waals surface area contributed by atoms with Crippen LogP contribution in [-0.2, 0) is 0 Å². The smallest absolute Gasteiger partial charge is 0.0792 e. The van der Waals surface area contributed by atoms with E-state index in [1.165, 1.54) is 6.08 Å². The monoisotopic (exact) mass is 226 g/mol. The summed E-state index contributed by atoms with van der Waals surface area (Å²) in [6.07, 6.45) is 4.13. The summed E-state index contributed by atoms with van der Waals surface area (Å²) in [5.41, 5.74) is 0. The zero-order valence-corrected chi connectivity index (χ0v) is 6.61. The van der Waals surface area contributed by atoms with Gasteiger partial charge in [0.15, 0.2) is 0 Å². The molecule has 0 bridgehead atoms. The molecule has 0 aliphatic heterocycles. The van der Waals surface area contributed by atoms with Crippen molar-refractivity contribution in [2.45, 2.75) is 0 Å². The lowest BCUT2D eigenvalue weighted by Crippen LogP contribution is -1.48.